The third-order valence-electron chi connectivity index (χ3n) is 4.63. The van der Waals surface area contributed by atoms with Crippen LogP contribution in [0.2, 0.25) is 10.0 Å². The van der Waals surface area contributed by atoms with E-state index in [0.717, 1.165) is 6.42 Å². The predicted octanol–water partition coefficient (Wildman–Crippen LogP) is 4.28. The Hall–Kier alpha value is -2.62. The molecule has 3 aromatic heterocycles. The van der Waals surface area contributed by atoms with E-state index in [1.165, 1.54) is 24.0 Å². The second-order valence-electron chi connectivity index (χ2n) is 6.83. The Balaban J connectivity index is 1.70. The number of halogens is 2. The predicted molar refractivity (Wildman–Crippen MR) is 123 cm³/mol. The van der Waals surface area contributed by atoms with Gasteiger partial charge in [0.2, 0.25) is 11.7 Å². The fraction of sp³-hybridized carbons (Fsp3) is 0.250. The molecule has 4 rings (SSSR count). The number of rotatable bonds is 6. The van der Waals surface area contributed by atoms with Crippen LogP contribution in [0, 0.1) is 0 Å². The van der Waals surface area contributed by atoms with E-state index in [1.54, 1.807) is 17.6 Å². The largest absolute Gasteiger partial charge is 0.308 e. The first-order chi connectivity index (χ1) is 14.9. The third kappa shape index (κ3) is 4.13. The zero-order valence-electron chi connectivity index (χ0n) is 16.7. The molecular weight excluding hydrogens is 459 g/mol. The SMILES string of the molecule is CCCn1c(=O)c2ccccc2n2c(SC(C)C(=O)Nc3ncc(Cl)cc3Cl)nnc12. The number of carbonyl (C=O) groups is 1. The minimum atomic E-state index is -0.536. The van der Waals surface area contributed by atoms with Gasteiger partial charge in [0.05, 0.1) is 26.2 Å². The molecule has 3 heterocycles. The van der Waals surface area contributed by atoms with Crippen molar-refractivity contribution in [2.45, 2.75) is 37.2 Å². The Morgan fingerprint density at radius 1 is 1.26 bits per heavy atom. The van der Waals surface area contributed by atoms with Crippen LogP contribution in [0.3, 0.4) is 0 Å². The summed E-state index contributed by atoms with van der Waals surface area (Å²) in [6.45, 7) is 4.26. The van der Waals surface area contributed by atoms with Gasteiger partial charge in [-0.2, -0.15) is 0 Å². The van der Waals surface area contributed by atoms with E-state index in [4.69, 9.17) is 23.2 Å². The Kier molecular flexibility index (Phi) is 6.17. The number of fused-ring (bicyclic) bond motifs is 3. The molecule has 1 unspecified atom stereocenters. The lowest BCUT2D eigenvalue weighted by atomic mass is 10.2. The number of anilines is 1. The summed E-state index contributed by atoms with van der Waals surface area (Å²) >= 11 is 13.2. The molecular formula is C20H18Cl2N6O2S. The zero-order valence-corrected chi connectivity index (χ0v) is 19.0. The van der Waals surface area contributed by atoms with Crippen LogP contribution in [-0.2, 0) is 11.3 Å². The van der Waals surface area contributed by atoms with Crippen LogP contribution in [0.15, 0.2) is 46.5 Å². The van der Waals surface area contributed by atoms with Crippen LogP contribution in [0.25, 0.3) is 16.7 Å². The molecule has 1 amide bonds. The summed E-state index contributed by atoms with van der Waals surface area (Å²) in [7, 11) is 0. The first kappa shape index (κ1) is 21.6. The number of nitrogens with zero attached hydrogens (tertiary/aromatic N) is 5. The van der Waals surface area contributed by atoms with Gasteiger partial charge < -0.3 is 5.32 Å². The number of carbonyl (C=O) groups excluding carboxylic acids is 1. The highest BCUT2D eigenvalue weighted by atomic mass is 35.5. The minimum absolute atomic E-state index is 0.108. The number of hydrogen-bond donors (Lipinski definition) is 1. The smallest absolute Gasteiger partial charge is 0.262 e. The number of nitrogens with one attached hydrogen (secondary N) is 1. The molecule has 1 atom stereocenters. The van der Waals surface area contributed by atoms with Crippen molar-refractivity contribution in [1.29, 1.82) is 0 Å². The molecule has 160 valence electrons. The summed E-state index contributed by atoms with van der Waals surface area (Å²) in [5.41, 5.74) is 0.584. The van der Waals surface area contributed by atoms with E-state index in [0.29, 0.717) is 33.4 Å². The quantitative estimate of drug-likeness (QED) is 0.417. The van der Waals surface area contributed by atoms with E-state index < -0.39 is 5.25 Å². The van der Waals surface area contributed by atoms with Gasteiger partial charge in [0.15, 0.2) is 11.0 Å². The second kappa shape index (κ2) is 8.86. The Morgan fingerprint density at radius 2 is 2.03 bits per heavy atom. The number of aryl methyl sites for hydroxylation is 1. The summed E-state index contributed by atoms with van der Waals surface area (Å²) < 4.78 is 3.43. The summed E-state index contributed by atoms with van der Waals surface area (Å²) in [5.74, 6) is 0.379. The van der Waals surface area contributed by atoms with Crippen molar-refractivity contribution in [2.24, 2.45) is 0 Å². The first-order valence-corrected chi connectivity index (χ1v) is 11.2. The van der Waals surface area contributed by atoms with Gasteiger partial charge in [0, 0.05) is 12.7 Å². The van der Waals surface area contributed by atoms with Crippen LogP contribution in [-0.4, -0.2) is 35.3 Å². The van der Waals surface area contributed by atoms with Crippen molar-refractivity contribution in [3.63, 3.8) is 0 Å². The molecule has 4 aromatic rings. The van der Waals surface area contributed by atoms with Crippen molar-refractivity contribution >= 4 is 63.4 Å². The minimum Gasteiger partial charge on any atom is -0.308 e. The van der Waals surface area contributed by atoms with Crippen LogP contribution in [0.4, 0.5) is 5.82 Å². The van der Waals surface area contributed by atoms with Gasteiger partial charge in [-0.05, 0) is 31.5 Å². The topological polar surface area (TPSA) is 94.2 Å². The van der Waals surface area contributed by atoms with E-state index in [-0.39, 0.29) is 22.3 Å². The van der Waals surface area contributed by atoms with Crippen molar-refractivity contribution in [3.8, 4) is 0 Å². The molecule has 11 heteroatoms. The average Bonchev–Trinajstić information content (AvgIpc) is 3.16. The highest BCUT2D eigenvalue weighted by Gasteiger charge is 2.22. The Bertz CT molecular complexity index is 1350. The molecule has 0 radical (unpaired) electrons. The summed E-state index contributed by atoms with van der Waals surface area (Å²) in [5, 5.41) is 12.4. The maximum atomic E-state index is 12.9. The normalized spacial score (nSPS) is 12.4. The second-order valence-corrected chi connectivity index (χ2v) is 8.98. The number of hydrogen-bond acceptors (Lipinski definition) is 6. The molecule has 0 aliphatic heterocycles. The number of para-hydroxylation sites is 1. The number of thioether (sulfide) groups is 1. The lowest BCUT2D eigenvalue weighted by Gasteiger charge is -2.13. The molecule has 0 aliphatic rings. The van der Waals surface area contributed by atoms with E-state index in [9.17, 15) is 9.59 Å². The number of benzene rings is 1. The molecule has 1 aromatic carbocycles. The van der Waals surface area contributed by atoms with Gasteiger partial charge in [0.25, 0.3) is 5.56 Å². The summed E-state index contributed by atoms with van der Waals surface area (Å²) in [6.07, 6.45) is 2.18. The lowest BCUT2D eigenvalue weighted by molar-refractivity contribution is -0.115. The molecule has 0 fully saturated rings. The zero-order chi connectivity index (χ0) is 22.1. The van der Waals surface area contributed by atoms with E-state index in [1.807, 2.05) is 29.5 Å². The molecule has 8 nitrogen and oxygen atoms in total. The lowest BCUT2D eigenvalue weighted by Crippen LogP contribution is -2.24. The monoisotopic (exact) mass is 476 g/mol. The fourth-order valence-corrected chi connectivity index (χ4v) is 4.45. The van der Waals surface area contributed by atoms with Crippen molar-refractivity contribution < 1.29 is 4.79 Å². The molecule has 0 aliphatic carbocycles. The molecule has 0 spiro atoms. The number of amides is 1. The average molecular weight is 477 g/mol. The van der Waals surface area contributed by atoms with Gasteiger partial charge in [-0.1, -0.05) is 54.0 Å². The Labute approximate surface area is 191 Å². The molecule has 31 heavy (non-hydrogen) atoms. The van der Waals surface area contributed by atoms with Crippen molar-refractivity contribution in [1.82, 2.24) is 24.1 Å². The van der Waals surface area contributed by atoms with Crippen LogP contribution in [0.5, 0.6) is 0 Å². The van der Waals surface area contributed by atoms with E-state index >= 15 is 0 Å². The number of pyridine rings is 1. The summed E-state index contributed by atoms with van der Waals surface area (Å²) in [6, 6.07) is 8.80. The third-order valence-corrected chi connectivity index (χ3v) is 6.16. The van der Waals surface area contributed by atoms with Crippen LogP contribution in [0.1, 0.15) is 20.3 Å². The van der Waals surface area contributed by atoms with Gasteiger partial charge in [-0.25, -0.2) is 4.98 Å². The first-order valence-electron chi connectivity index (χ1n) is 9.56. The van der Waals surface area contributed by atoms with Gasteiger partial charge in [-0.3, -0.25) is 18.6 Å². The van der Waals surface area contributed by atoms with Gasteiger partial charge >= 0.3 is 0 Å². The highest BCUT2D eigenvalue weighted by molar-refractivity contribution is 8.00. The van der Waals surface area contributed by atoms with Gasteiger partial charge in [0.1, 0.15) is 0 Å². The molecule has 1 N–H and O–H groups in total. The Morgan fingerprint density at radius 3 is 2.77 bits per heavy atom. The fourth-order valence-electron chi connectivity index (χ4n) is 3.17. The molecule has 0 saturated carbocycles. The van der Waals surface area contributed by atoms with Crippen LogP contribution < -0.4 is 10.9 Å². The van der Waals surface area contributed by atoms with E-state index in [2.05, 4.69) is 20.5 Å². The maximum Gasteiger partial charge on any atom is 0.262 e. The standard InChI is InChI=1S/C20H18Cl2N6O2S/c1-3-8-27-18(30)13-6-4-5-7-15(13)28-19(27)25-26-20(28)31-11(2)17(29)24-16-14(22)9-12(21)10-23-16/h4-7,9-11H,3,8H2,1-2H3,(H,23,24,29). The molecule has 0 saturated heterocycles. The summed E-state index contributed by atoms with van der Waals surface area (Å²) in [4.78, 5) is 29.7. The maximum absolute atomic E-state index is 12.9. The van der Waals surface area contributed by atoms with Crippen molar-refractivity contribution in [2.75, 3.05) is 5.32 Å². The van der Waals surface area contributed by atoms with Crippen LogP contribution >= 0.6 is 35.0 Å². The van der Waals surface area contributed by atoms with Crippen molar-refractivity contribution in [3.05, 3.63) is 56.9 Å². The highest BCUT2D eigenvalue weighted by Crippen LogP contribution is 2.27. The number of aromatic nitrogens is 5. The van der Waals surface area contributed by atoms with Gasteiger partial charge in [-0.15, -0.1) is 10.2 Å². The molecule has 0 bridgehead atoms.